The van der Waals surface area contributed by atoms with Crippen LogP contribution in [0, 0.1) is 0 Å². The van der Waals surface area contributed by atoms with Gasteiger partial charge in [-0.2, -0.15) is 0 Å². The van der Waals surface area contributed by atoms with E-state index in [4.69, 9.17) is 4.74 Å². The molecule has 1 aliphatic heterocycles. The van der Waals surface area contributed by atoms with Gasteiger partial charge in [0.25, 0.3) is 0 Å². The van der Waals surface area contributed by atoms with E-state index in [0.29, 0.717) is 19.6 Å². The summed E-state index contributed by atoms with van der Waals surface area (Å²) in [5.41, 5.74) is 0. The molecule has 2 unspecified atom stereocenters. The number of hydrogen-bond acceptors (Lipinski definition) is 4. The van der Waals surface area contributed by atoms with E-state index in [0.717, 1.165) is 19.4 Å². The molecule has 0 aromatic rings. The van der Waals surface area contributed by atoms with Gasteiger partial charge in [0.1, 0.15) is 0 Å². The van der Waals surface area contributed by atoms with Gasteiger partial charge in [-0.3, -0.25) is 4.79 Å². The summed E-state index contributed by atoms with van der Waals surface area (Å²) in [5, 5.41) is 12.5. The Kier molecular flexibility index (Phi) is 5.73. The number of likely N-dealkylation sites (tertiary alicyclic amines) is 1. The van der Waals surface area contributed by atoms with Gasteiger partial charge in [0, 0.05) is 20.2 Å². The third kappa shape index (κ3) is 3.73. The summed E-state index contributed by atoms with van der Waals surface area (Å²) in [5.74, 6) is 0.151. The molecule has 0 spiro atoms. The number of amides is 1. The zero-order chi connectivity index (χ0) is 12.0. The van der Waals surface area contributed by atoms with E-state index in [-0.39, 0.29) is 11.9 Å². The number of aliphatic hydroxyl groups excluding tert-OH is 1. The fourth-order valence-corrected chi connectivity index (χ4v) is 2.01. The summed E-state index contributed by atoms with van der Waals surface area (Å²) in [6, 6.07) is -0.0479. The van der Waals surface area contributed by atoms with Crippen molar-refractivity contribution in [3.8, 4) is 0 Å². The zero-order valence-electron chi connectivity index (χ0n) is 10.1. The lowest BCUT2D eigenvalue weighted by atomic mass is 10.0. The summed E-state index contributed by atoms with van der Waals surface area (Å²) in [4.78, 5) is 13.7. The van der Waals surface area contributed by atoms with E-state index in [2.05, 4.69) is 5.32 Å². The predicted molar refractivity (Wildman–Crippen MR) is 61.2 cm³/mol. The molecule has 16 heavy (non-hydrogen) atoms. The van der Waals surface area contributed by atoms with Gasteiger partial charge in [-0.1, -0.05) is 0 Å². The summed E-state index contributed by atoms with van der Waals surface area (Å²) < 4.78 is 4.85. The third-order valence-corrected chi connectivity index (χ3v) is 2.97. The van der Waals surface area contributed by atoms with Crippen LogP contribution in [0.15, 0.2) is 0 Å². The summed E-state index contributed by atoms with van der Waals surface area (Å²) in [7, 11) is 3.37. The molecule has 1 amide bonds. The highest BCUT2D eigenvalue weighted by Crippen LogP contribution is 2.12. The minimum absolute atomic E-state index is 0.0479. The fourth-order valence-electron chi connectivity index (χ4n) is 2.01. The van der Waals surface area contributed by atoms with Crippen LogP contribution < -0.4 is 5.32 Å². The number of aliphatic hydroxyl groups is 1. The van der Waals surface area contributed by atoms with Crippen LogP contribution in [0.4, 0.5) is 0 Å². The molecule has 2 atom stereocenters. The number of carbonyl (C=O) groups is 1. The van der Waals surface area contributed by atoms with E-state index >= 15 is 0 Å². The highest BCUT2D eigenvalue weighted by atomic mass is 16.5. The molecular formula is C11H22N2O3. The number of piperidine rings is 1. The average Bonchev–Trinajstić information content (AvgIpc) is 2.28. The molecule has 0 bridgehead atoms. The monoisotopic (exact) mass is 230 g/mol. The number of rotatable bonds is 6. The molecule has 0 aromatic heterocycles. The van der Waals surface area contributed by atoms with Crippen LogP contribution in [0.5, 0.6) is 0 Å². The van der Waals surface area contributed by atoms with E-state index in [9.17, 15) is 9.90 Å². The Labute approximate surface area is 96.8 Å². The highest BCUT2D eigenvalue weighted by Gasteiger charge is 2.27. The third-order valence-electron chi connectivity index (χ3n) is 2.97. The number of methoxy groups -OCH3 is 1. The lowest BCUT2D eigenvalue weighted by molar-refractivity contribution is -0.136. The van der Waals surface area contributed by atoms with Crippen LogP contribution in [0.2, 0.25) is 0 Å². The lowest BCUT2D eigenvalue weighted by Gasteiger charge is -2.32. The summed E-state index contributed by atoms with van der Waals surface area (Å²) in [6.07, 6.45) is 2.04. The van der Waals surface area contributed by atoms with Crippen LogP contribution in [0.1, 0.15) is 19.3 Å². The van der Waals surface area contributed by atoms with Gasteiger partial charge in [-0.25, -0.2) is 0 Å². The molecule has 0 radical (unpaired) electrons. The molecule has 1 heterocycles. The lowest BCUT2D eigenvalue weighted by Crippen LogP contribution is -2.50. The number of nitrogens with one attached hydrogen (secondary N) is 1. The van der Waals surface area contributed by atoms with Crippen LogP contribution in [0.3, 0.4) is 0 Å². The first-order valence-electron chi connectivity index (χ1n) is 5.82. The van der Waals surface area contributed by atoms with Crippen LogP contribution in [0.25, 0.3) is 0 Å². The Morgan fingerprint density at radius 2 is 2.44 bits per heavy atom. The zero-order valence-corrected chi connectivity index (χ0v) is 10.1. The molecule has 1 aliphatic rings. The summed E-state index contributed by atoms with van der Waals surface area (Å²) >= 11 is 0. The van der Waals surface area contributed by atoms with Gasteiger partial charge < -0.3 is 20.1 Å². The van der Waals surface area contributed by atoms with Gasteiger partial charge >= 0.3 is 0 Å². The predicted octanol–water partition coefficient (Wildman–Crippen LogP) is -0.406. The van der Waals surface area contributed by atoms with Crippen molar-refractivity contribution >= 4 is 5.91 Å². The standard InChI is InChI=1S/C11H22N2O3/c1-12-10-4-3-6-13(11(10)15)7-5-9(14)8-16-2/h9-10,12,14H,3-8H2,1-2H3. The maximum atomic E-state index is 11.9. The van der Waals surface area contributed by atoms with E-state index < -0.39 is 6.10 Å². The Balaban J connectivity index is 2.33. The smallest absolute Gasteiger partial charge is 0.239 e. The summed E-state index contributed by atoms with van der Waals surface area (Å²) in [6.45, 7) is 1.75. The molecular weight excluding hydrogens is 208 g/mol. The second kappa shape index (κ2) is 6.83. The molecule has 0 saturated carbocycles. The van der Waals surface area contributed by atoms with Crippen LogP contribution in [-0.2, 0) is 9.53 Å². The van der Waals surface area contributed by atoms with Gasteiger partial charge in [0.05, 0.1) is 18.8 Å². The Bertz CT molecular complexity index is 223. The molecule has 5 heteroatoms. The number of ether oxygens (including phenoxy) is 1. The fraction of sp³-hybridized carbons (Fsp3) is 0.909. The molecule has 1 rings (SSSR count). The molecule has 94 valence electrons. The van der Waals surface area contributed by atoms with Crippen molar-refractivity contribution in [2.75, 3.05) is 33.9 Å². The Morgan fingerprint density at radius 1 is 1.69 bits per heavy atom. The minimum Gasteiger partial charge on any atom is -0.391 e. The van der Waals surface area contributed by atoms with Gasteiger partial charge in [-0.15, -0.1) is 0 Å². The molecule has 0 aromatic carbocycles. The van der Waals surface area contributed by atoms with Crippen molar-refractivity contribution in [1.82, 2.24) is 10.2 Å². The second-order valence-electron chi connectivity index (χ2n) is 4.21. The number of hydrogen-bond donors (Lipinski definition) is 2. The van der Waals surface area contributed by atoms with Gasteiger partial charge in [0.15, 0.2) is 0 Å². The van der Waals surface area contributed by atoms with Crippen molar-refractivity contribution in [1.29, 1.82) is 0 Å². The van der Waals surface area contributed by atoms with Crippen LogP contribution in [-0.4, -0.2) is 61.9 Å². The molecule has 0 aliphatic carbocycles. The number of likely N-dealkylation sites (N-methyl/N-ethyl adjacent to an activating group) is 1. The van der Waals surface area contributed by atoms with E-state index in [1.165, 1.54) is 0 Å². The van der Waals surface area contributed by atoms with Crippen molar-refractivity contribution in [3.63, 3.8) is 0 Å². The van der Waals surface area contributed by atoms with E-state index in [1.54, 1.807) is 7.11 Å². The Morgan fingerprint density at radius 3 is 3.06 bits per heavy atom. The van der Waals surface area contributed by atoms with Crippen molar-refractivity contribution in [2.45, 2.75) is 31.4 Å². The number of carbonyl (C=O) groups excluding carboxylic acids is 1. The van der Waals surface area contributed by atoms with Crippen LogP contribution >= 0.6 is 0 Å². The normalized spacial score (nSPS) is 23.6. The number of nitrogens with zero attached hydrogens (tertiary/aromatic N) is 1. The molecule has 5 nitrogen and oxygen atoms in total. The first-order chi connectivity index (χ1) is 7.69. The second-order valence-corrected chi connectivity index (χ2v) is 4.21. The largest absolute Gasteiger partial charge is 0.391 e. The van der Waals surface area contributed by atoms with Crippen molar-refractivity contribution < 1.29 is 14.6 Å². The topological polar surface area (TPSA) is 61.8 Å². The van der Waals surface area contributed by atoms with Gasteiger partial charge in [0.2, 0.25) is 5.91 Å². The minimum atomic E-state index is -0.479. The molecule has 1 saturated heterocycles. The highest BCUT2D eigenvalue weighted by molar-refractivity contribution is 5.82. The average molecular weight is 230 g/mol. The van der Waals surface area contributed by atoms with Gasteiger partial charge in [-0.05, 0) is 26.3 Å². The maximum absolute atomic E-state index is 11.9. The molecule has 2 N–H and O–H groups in total. The molecule has 1 fully saturated rings. The first-order valence-corrected chi connectivity index (χ1v) is 5.82. The quantitative estimate of drug-likeness (QED) is 0.651. The van der Waals surface area contributed by atoms with Crippen molar-refractivity contribution in [2.24, 2.45) is 0 Å². The van der Waals surface area contributed by atoms with Crippen molar-refractivity contribution in [3.05, 3.63) is 0 Å². The SMILES string of the molecule is CNC1CCCN(CCC(O)COC)C1=O. The maximum Gasteiger partial charge on any atom is 0.239 e. The first kappa shape index (κ1) is 13.4. The Hall–Kier alpha value is -0.650. The van der Waals surface area contributed by atoms with E-state index in [1.807, 2.05) is 11.9 Å².